The molecule has 0 aromatic heterocycles. The predicted octanol–water partition coefficient (Wildman–Crippen LogP) is 2.56. The molecule has 0 aliphatic carbocycles. The summed E-state index contributed by atoms with van der Waals surface area (Å²) in [5, 5.41) is 9.88. The van der Waals surface area contributed by atoms with Crippen molar-refractivity contribution in [2.75, 3.05) is 20.5 Å². The third kappa shape index (κ3) is 2.31. The molecule has 1 atom stereocenters. The third-order valence-corrected chi connectivity index (χ3v) is 4.28. The fourth-order valence-corrected chi connectivity index (χ4v) is 3.06. The van der Waals surface area contributed by atoms with Gasteiger partial charge in [-0.3, -0.25) is 4.79 Å². The van der Waals surface area contributed by atoms with E-state index in [9.17, 15) is 9.90 Å². The van der Waals surface area contributed by atoms with Gasteiger partial charge >= 0.3 is 0 Å². The summed E-state index contributed by atoms with van der Waals surface area (Å²) in [6.45, 7) is 0.399. The minimum absolute atomic E-state index is 0.00450. The van der Waals surface area contributed by atoms with Gasteiger partial charge in [0.1, 0.15) is 0 Å². The van der Waals surface area contributed by atoms with Gasteiger partial charge in [0.2, 0.25) is 12.5 Å². The fourth-order valence-electron chi connectivity index (χ4n) is 3.06. The second-order valence-electron chi connectivity index (χ2n) is 5.76. The number of hydrogen-bond acceptors (Lipinski definition) is 6. The normalized spacial score (nSPS) is 18.0. The van der Waals surface area contributed by atoms with Crippen LogP contribution in [0.25, 0.3) is 0 Å². The molecule has 2 heterocycles. The van der Waals surface area contributed by atoms with Crippen LogP contribution in [0.5, 0.6) is 28.7 Å². The van der Waals surface area contributed by atoms with Crippen LogP contribution in [-0.4, -0.2) is 31.4 Å². The molecule has 6 heteroatoms. The minimum atomic E-state index is -0.314. The van der Waals surface area contributed by atoms with Crippen molar-refractivity contribution in [3.05, 3.63) is 41.5 Å². The highest BCUT2D eigenvalue weighted by Gasteiger charge is 2.34. The van der Waals surface area contributed by atoms with Crippen molar-refractivity contribution < 1.29 is 28.8 Å². The zero-order valence-electron chi connectivity index (χ0n) is 13.1. The summed E-state index contributed by atoms with van der Waals surface area (Å²) in [4.78, 5) is 12.8. The van der Waals surface area contributed by atoms with Crippen LogP contribution in [0, 0.1) is 5.92 Å². The van der Waals surface area contributed by atoms with Gasteiger partial charge in [0, 0.05) is 0 Å². The molecule has 0 amide bonds. The Balaban J connectivity index is 1.59. The first-order chi connectivity index (χ1) is 11.7. The van der Waals surface area contributed by atoms with Gasteiger partial charge in [-0.05, 0) is 36.2 Å². The Hall–Kier alpha value is -2.89. The largest absolute Gasteiger partial charge is 0.504 e. The molecule has 6 nitrogen and oxygen atoms in total. The smallest absolute Gasteiger partial charge is 0.231 e. The molecule has 0 spiro atoms. The number of benzene rings is 2. The van der Waals surface area contributed by atoms with E-state index in [0.29, 0.717) is 35.0 Å². The molecule has 1 unspecified atom stereocenters. The Morgan fingerprint density at radius 2 is 2.04 bits per heavy atom. The second-order valence-corrected chi connectivity index (χ2v) is 5.76. The number of aromatic hydroxyl groups is 1. The summed E-state index contributed by atoms with van der Waals surface area (Å²) in [6, 6.07) is 8.57. The fraction of sp³-hybridized carbons (Fsp3) is 0.278. The topological polar surface area (TPSA) is 74.2 Å². The molecule has 4 rings (SSSR count). The van der Waals surface area contributed by atoms with Gasteiger partial charge < -0.3 is 24.1 Å². The van der Waals surface area contributed by atoms with E-state index in [1.54, 1.807) is 24.3 Å². The number of rotatable bonds is 3. The van der Waals surface area contributed by atoms with Crippen LogP contribution in [0.15, 0.2) is 30.3 Å². The van der Waals surface area contributed by atoms with E-state index in [1.165, 1.54) is 7.11 Å². The SMILES string of the molecule is COc1ccc(CC2COc3c(ccc4c3OCO4)C2=O)cc1O. The number of ketones is 1. The quantitative estimate of drug-likeness (QED) is 0.933. The Kier molecular flexibility index (Phi) is 3.45. The van der Waals surface area contributed by atoms with Crippen LogP contribution in [0.4, 0.5) is 0 Å². The van der Waals surface area contributed by atoms with Crippen molar-refractivity contribution in [1.82, 2.24) is 0 Å². The van der Waals surface area contributed by atoms with Crippen LogP contribution in [-0.2, 0) is 6.42 Å². The number of hydrogen-bond donors (Lipinski definition) is 1. The number of phenolic OH excluding ortho intramolecular Hbond substituents is 1. The molecule has 0 saturated heterocycles. The average molecular weight is 328 g/mol. The van der Waals surface area contributed by atoms with E-state index < -0.39 is 0 Å². The van der Waals surface area contributed by atoms with Crippen molar-refractivity contribution in [1.29, 1.82) is 0 Å². The summed E-state index contributed by atoms with van der Waals surface area (Å²) in [5.74, 6) is 1.71. The number of carbonyl (C=O) groups is 1. The van der Waals surface area contributed by atoms with Crippen molar-refractivity contribution >= 4 is 5.78 Å². The molecular formula is C18H16O6. The van der Waals surface area contributed by atoms with E-state index in [2.05, 4.69) is 0 Å². The lowest BCUT2D eigenvalue weighted by molar-refractivity contribution is 0.0823. The highest BCUT2D eigenvalue weighted by atomic mass is 16.7. The number of methoxy groups -OCH3 is 1. The van der Waals surface area contributed by atoms with E-state index in [1.807, 2.05) is 6.07 Å². The molecule has 0 saturated carbocycles. The summed E-state index contributed by atoms with van der Waals surface area (Å²) in [7, 11) is 1.49. The molecule has 2 aliphatic heterocycles. The molecule has 24 heavy (non-hydrogen) atoms. The Morgan fingerprint density at radius 1 is 1.17 bits per heavy atom. The molecule has 2 aromatic carbocycles. The van der Waals surface area contributed by atoms with E-state index >= 15 is 0 Å². The number of fused-ring (bicyclic) bond motifs is 3. The number of Topliss-reactive ketones (excluding diaryl/α,β-unsaturated/α-hetero) is 1. The van der Waals surface area contributed by atoms with Gasteiger partial charge in [-0.25, -0.2) is 0 Å². The second kappa shape index (κ2) is 5.63. The van der Waals surface area contributed by atoms with E-state index in [4.69, 9.17) is 18.9 Å². The van der Waals surface area contributed by atoms with Gasteiger partial charge in [-0.15, -0.1) is 0 Å². The Labute approximate surface area is 138 Å². The van der Waals surface area contributed by atoms with Crippen molar-refractivity contribution in [2.24, 2.45) is 5.92 Å². The molecule has 1 N–H and O–H groups in total. The lowest BCUT2D eigenvalue weighted by Gasteiger charge is -2.25. The van der Waals surface area contributed by atoms with Crippen LogP contribution < -0.4 is 18.9 Å². The van der Waals surface area contributed by atoms with Gasteiger partial charge in [-0.2, -0.15) is 0 Å². The van der Waals surface area contributed by atoms with E-state index in [0.717, 1.165) is 5.56 Å². The standard InChI is InChI=1S/C18H16O6/c1-21-14-4-2-10(7-13(14)19)6-11-8-22-17-12(16(11)20)3-5-15-18(17)24-9-23-15/h2-5,7,11,19H,6,8-9H2,1H3. The van der Waals surface area contributed by atoms with Gasteiger partial charge in [0.15, 0.2) is 28.8 Å². The highest BCUT2D eigenvalue weighted by molar-refractivity contribution is 6.02. The zero-order chi connectivity index (χ0) is 16.7. The molecular weight excluding hydrogens is 312 g/mol. The molecule has 0 radical (unpaired) electrons. The maximum absolute atomic E-state index is 12.8. The number of carbonyl (C=O) groups excluding carboxylic acids is 1. The van der Waals surface area contributed by atoms with Crippen LogP contribution >= 0.6 is 0 Å². The van der Waals surface area contributed by atoms with Crippen molar-refractivity contribution in [2.45, 2.75) is 6.42 Å². The third-order valence-electron chi connectivity index (χ3n) is 4.28. The average Bonchev–Trinajstić information content (AvgIpc) is 3.06. The molecule has 2 aromatic rings. The maximum atomic E-state index is 12.8. The Bertz CT molecular complexity index is 813. The van der Waals surface area contributed by atoms with Crippen LogP contribution in [0.1, 0.15) is 15.9 Å². The Morgan fingerprint density at radius 3 is 2.83 bits per heavy atom. The minimum Gasteiger partial charge on any atom is -0.504 e. The van der Waals surface area contributed by atoms with Gasteiger partial charge in [0.25, 0.3) is 0 Å². The first-order valence-corrected chi connectivity index (χ1v) is 7.63. The van der Waals surface area contributed by atoms with Crippen LogP contribution in [0.2, 0.25) is 0 Å². The van der Waals surface area contributed by atoms with E-state index in [-0.39, 0.29) is 30.9 Å². The number of phenols is 1. The van der Waals surface area contributed by atoms with Crippen molar-refractivity contribution in [3.63, 3.8) is 0 Å². The lowest BCUT2D eigenvalue weighted by Crippen LogP contribution is -2.29. The molecule has 124 valence electrons. The van der Waals surface area contributed by atoms with Gasteiger partial charge in [0.05, 0.1) is 25.2 Å². The summed E-state index contributed by atoms with van der Waals surface area (Å²) in [5.41, 5.74) is 1.35. The summed E-state index contributed by atoms with van der Waals surface area (Å²) >= 11 is 0. The maximum Gasteiger partial charge on any atom is 0.231 e. The lowest BCUT2D eigenvalue weighted by atomic mass is 9.89. The molecule has 2 aliphatic rings. The monoisotopic (exact) mass is 328 g/mol. The van der Waals surface area contributed by atoms with Crippen LogP contribution in [0.3, 0.4) is 0 Å². The molecule has 0 fully saturated rings. The van der Waals surface area contributed by atoms with Crippen molar-refractivity contribution in [3.8, 4) is 28.7 Å². The zero-order valence-corrected chi connectivity index (χ0v) is 13.1. The molecule has 0 bridgehead atoms. The summed E-state index contributed by atoms with van der Waals surface area (Å²) in [6.07, 6.45) is 0.476. The first-order valence-electron chi connectivity index (χ1n) is 7.63. The van der Waals surface area contributed by atoms with Gasteiger partial charge in [-0.1, -0.05) is 6.07 Å². The first kappa shape index (κ1) is 14.7. The predicted molar refractivity (Wildman–Crippen MR) is 84.2 cm³/mol. The number of ether oxygens (including phenoxy) is 4. The highest BCUT2D eigenvalue weighted by Crippen LogP contribution is 2.45. The summed E-state index contributed by atoms with van der Waals surface area (Å²) < 4.78 is 21.5.